The molecule has 3 rings (SSSR count). The first kappa shape index (κ1) is 21.1. The average molecular weight is 439 g/mol. The first-order chi connectivity index (χ1) is 13.8. The molecule has 0 spiro atoms. The maximum absolute atomic E-state index is 13.8. The number of amidine groups is 2. The van der Waals surface area contributed by atoms with Gasteiger partial charge in [0.15, 0.2) is 5.83 Å². The van der Waals surface area contributed by atoms with Gasteiger partial charge in [0, 0.05) is 31.6 Å². The molecule has 10 heteroatoms. The molecular formula is C19H21Cl2FN6O. The fourth-order valence-corrected chi connectivity index (χ4v) is 3.23. The molecule has 0 aromatic rings. The number of hydrogen-bond acceptors (Lipinski definition) is 7. The molecule has 0 aromatic carbocycles. The molecule has 7 nitrogen and oxygen atoms in total. The highest BCUT2D eigenvalue weighted by atomic mass is 35.5. The summed E-state index contributed by atoms with van der Waals surface area (Å²) in [6, 6.07) is 0. The summed E-state index contributed by atoms with van der Waals surface area (Å²) in [7, 11) is 1.75. The van der Waals surface area contributed by atoms with Gasteiger partial charge in [0.25, 0.3) is 5.88 Å². The van der Waals surface area contributed by atoms with Crippen LogP contribution in [0.15, 0.2) is 66.3 Å². The van der Waals surface area contributed by atoms with Gasteiger partial charge in [-0.15, -0.1) is 0 Å². The maximum atomic E-state index is 13.8. The normalized spacial score (nSPS) is 22.2. The molecule has 2 heterocycles. The minimum Gasteiger partial charge on any atom is -0.384 e. The average Bonchev–Trinajstić information content (AvgIpc) is 3.18. The summed E-state index contributed by atoms with van der Waals surface area (Å²) in [6.45, 7) is 5.27. The number of likely N-dealkylation sites (N-methyl/N-ethyl adjacent to an activating group) is 1. The van der Waals surface area contributed by atoms with Crippen LogP contribution in [0.2, 0.25) is 0 Å². The van der Waals surface area contributed by atoms with Crippen LogP contribution in [0, 0.1) is 5.92 Å². The molecule has 0 saturated heterocycles. The van der Waals surface area contributed by atoms with Gasteiger partial charge in [0.05, 0.1) is 22.3 Å². The van der Waals surface area contributed by atoms with E-state index in [-0.39, 0.29) is 22.5 Å². The third-order valence-electron chi connectivity index (χ3n) is 4.41. The highest BCUT2D eigenvalue weighted by Crippen LogP contribution is 2.31. The molecule has 0 radical (unpaired) electrons. The maximum Gasteiger partial charge on any atom is 0.271 e. The lowest BCUT2D eigenvalue weighted by Crippen LogP contribution is -2.39. The molecule has 29 heavy (non-hydrogen) atoms. The van der Waals surface area contributed by atoms with E-state index >= 15 is 0 Å². The zero-order chi connectivity index (χ0) is 21.1. The minimum absolute atomic E-state index is 0.0871. The summed E-state index contributed by atoms with van der Waals surface area (Å²) in [5.74, 6) is 0.920. The van der Waals surface area contributed by atoms with Gasteiger partial charge in [0.1, 0.15) is 17.4 Å². The third-order valence-corrected chi connectivity index (χ3v) is 5.13. The zero-order valence-corrected chi connectivity index (χ0v) is 17.7. The van der Waals surface area contributed by atoms with E-state index in [0.717, 1.165) is 5.84 Å². The number of allylic oxidation sites excluding steroid dienone is 3. The molecule has 0 aromatic heterocycles. The van der Waals surface area contributed by atoms with Gasteiger partial charge in [-0.2, -0.15) is 9.38 Å². The van der Waals surface area contributed by atoms with Crippen molar-refractivity contribution in [2.45, 2.75) is 13.8 Å². The smallest absolute Gasteiger partial charge is 0.271 e. The lowest BCUT2D eigenvalue weighted by molar-refractivity contribution is 0.171. The Bertz CT molecular complexity index is 979. The molecule has 0 unspecified atom stereocenters. The van der Waals surface area contributed by atoms with Crippen LogP contribution in [-0.2, 0) is 4.84 Å². The first-order valence-corrected chi connectivity index (χ1v) is 9.74. The summed E-state index contributed by atoms with van der Waals surface area (Å²) in [4.78, 5) is 16.2. The lowest BCUT2D eigenvalue weighted by atomic mass is 10.1. The second-order valence-corrected chi connectivity index (χ2v) is 7.47. The first-order valence-electron chi connectivity index (χ1n) is 8.98. The summed E-state index contributed by atoms with van der Waals surface area (Å²) in [6.07, 6.45) is 1.78. The summed E-state index contributed by atoms with van der Waals surface area (Å²) in [5, 5.41) is 3.18. The van der Waals surface area contributed by atoms with Gasteiger partial charge in [0.2, 0.25) is 0 Å². The largest absolute Gasteiger partial charge is 0.384 e. The van der Waals surface area contributed by atoms with Crippen LogP contribution < -0.4 is 16.5 Å². The van der Waals surface area contributed by atoms with Crippen molar-refractivity contribution in [2.75, 3.05) is 26.7 Å². The second kappa shape index (κ2) is 8.80. The van der Waals surface area contributed by atoms with Crippen molar-refractivity contribution >= 4 is 34.9 Å². The van der Waals surface area contributed by atoms with E-state index in [4.69, 9.17) is 33.8 Å². The Labute approximate surface area is 178 Å². The zero-order valence-electron chi connectivity index (χ0n) is 16.2. The van der Waals surface area contributed by atoms with E-state index < -0.39 is 5.83 Å². The fourth-order valence-electron chi connectivity index (χ4n) is 2.78. The quantitative estimate of drug-likeness (QED) is 0.574. The molecular weight excluding hydrogens is 418 g/mol. The predicted octanol–water partition coefficient (Wildman–Crippen LogP) is 2.76. The van der Waals surface area contributed by atoms with Crippen LogP contribution in [0.5, 0.6) is 0 Å². The number of rotatable bonds is 5. The third kappa shape index (κ3) is 4.52. The van der Waals surface area contributed by atoms with Crippen molar-refractivity contribution in [2.24, 2.45) is 21.6 Å². The van der Waals surface area contributed by atoms with Crippen molar-refractivity contribution in [3.05, 3.63) is 56.3 Å². The number of nitrogens with one attached hydrogen (secondary N) is 2. The Morgan fingerprint density at radius 2 is 2.21 bits per heavy atom. The van der Waals surface area contributed by atoms with E-state index in [9.17, 15) is 4.39 Å². The number of aliphatic imine (C=N–C) groups is 2. The summed E-state index contributed by atoms with van der Waals surface area (Å²) >= 11 is 12.3. The number of nitrogens with two attached hydrogens (primary N) is 1. The Balaban J connectivity index is 1.96. The minimum atomic E-state index is -0.700. The standard InChI is InChI=1S/C19H21Cl2FN6O/c1-10(2)18-26-19(29-27-18)14(24-3)8-15-17(23)25-6-7-28(15)9-11-12(20)4-5-13(22)16(11)21/h8,10,24H,6-7,9H2,1-3H3,(H2,23,25)(H,26,27)/b15-8+,19-14+. The van der Waals surface area contributed by atoms with E-state index in [1.165, 1.54) is 0 Å². The van der Waals surface area contributed by atoms with Crippen LogP contribution >= 0.6 is 23.2 Å². The van der Waals surface area contributed by atoms with E-state index in [1.807, 2.05) is 18.7 Å². The van der Waals surface area contributed by atoms with Crippen molar-refractivity contribution < 1.29 is 9.23 Å². The highest BCUT2D eigenvalue weighted by Gasteiger charge is 2.25. The molecule has 2 aliphatic heterocycles. The molecule has 4 N–H and O–H groups in total. The Kier molecular flexibility index (Phi) is 6.40. The van der Waals surface area contributed by atoms with Crippen molar-refractivity contribution in [1.82, 2.24) is 15.7 Å². The number of nitrogens with zero attached hydrogens (tertiary/aromatic N) is 3. The molecule has 0 saturated carbocycles. The molecule has 0 fully saturated rings. The Morgan fingerprint density at radius 1 is 1.45 bits per heavy atom. The number of hydroxylamine groups is 1. The SMILES string of the molecule is CNC(/C=C1\C(N)=NCCN1CC1=C(Cl)C(F)=C=C=C1Cl)=C1\N=C(C(C)C)NO1. The van der Waals surface area contributed by atoms with Crippen molar-refractivity contribution in [3.8, 4) is 0 Å². The number of halogens is 3. The lowest BCUT2D eigenvalue weighted by Gasteiger charge is -2.31. The molecule has 0 atom stereocenters. The van der Waals surface area contributed by atoms with Crippen LogP contribution in [0.4, 0.5) is 4.39 Å². The second-order valence-electron chi connectivity index (χ2n) is 6.71. The van der Waals surface area contributed by atoms with Crippen LogP contribution in [0.25, 0.3) is 0 Å². The van der Waals surface area contributed by atoms with E-state index in [1.54, 1.807) is 13.1 Å². The molecule has 154 valence electrons. The Morgan fingerprint density at radius 3 is 2.86 bits per heavy atom. The monoisotopic (exact) mass is 438 g/mol. The van der Waals surface area contributed by atoms with E-state index in [2.05, 4.69) is 32.2 Å². The highest BCUT2D eigenvalue weighted by molar-refractivity contribution is 6.37. The van der Waals surface area contributed by atoms with Gasteiger partial charge in [-0.05, 0) is 17.5 Å². The van der Waals surface area contributed by atoms with Gasteiger partial charge in [-0.25, -0.2) is 5.48 Å². The summed E-state index contributed by atoms with van der Waals surface area (Å²) < 4.78 is 13.8. The molecule has 3 aliphatic rings. The van der Waals surface area contributed by atoms with Crippen LogP contribution in [-0.4, -0.2) is 43.3 Å². The predicted molar refractivity (Wildman–Crippen MR) is 113 cm³/mol. The topological polar surface area (TPSA) is 87.3 Å². The van der Waals surface area contributed by atoms with Gasteiger partial charge in [-0.3, -0.25) is 4.99 Å². The van der Waals surface area contributed by atoms with Crippen LogP contribution in [0.3, 0.4) is 0 Å². The number of hydrogen-bond donors (Lipinski definition) is 3. The van der Waals surface area contributed by atoms with Gasteiger partial charge >= 0.3 is 0 Å². The summed E-state index contributed by atoms with van der Waals surface area (Å²) in [5.41, 5.74) is 15.4. The van der Waals surface area contributed by atoms with Crippen molar-refractivity contribution in [3.63, 3.8) is 0 Å². The molecule has 0 bridgehead atoms. The van der Waals surface area contributed by atoms with Gasteiger partial charge in [-0.1, -0.05) is 37.0 Å². The van der Waals surface area contributed by atoms with Crippen LogP contribution in [0.1, 0.15) is 13.8 Å². The Hall–Kier alpha value is -2.63. The molecule has 0 amide bonds. The van der Waals surface area contributed by atoms with Crippen molar-refractivity contribution in [1.29, 1.82) is 0 Å². The molecule has 1 aliphatic carbocycles. The van der Waals surface area contributed by atoms with Gasteiger partial charge < -0.3 is 20.8 Å². The fraction of sp³-hybridized carbons (Fsp3) is 0.368. The van der Waals surface area contributed by atoms with E-state index in [0.29, 0.717) is 41.8 Å².